The van der Waals surface area contributed by atoms with E-state index in [-0.39, 0.29) is 17.6 Å². The van der Waals surface area contributed by atoms with Crippen molar-refractivity contribution < 1.29 is 14.3 Å². The molecule has 1 amide bonds. The Morgan fingerprint density at radius 3 is 2.91 bits per heavy atom. The van der Waals surface area contributed by atoms with Gasteiger partial charge >= 0.3 is 0 Å². The molecule has 0 saturated carbocycles. The average Bonchev–Trinajstić information content (AvgIpc) is 3.29. The van der Waals surface area contributed by atoms with Crippen molar-refractivity contribution in [3.8, 4) is 17.3 Å². The lowest BCUT2D eigenvalue weighted by Gasteiger charge is -2.33. The predicted octanol–water partition coefficient (Wildman–Crippen LogP) is 3.27. The molecule has 162 valence electrons. The smallest absolute Gasteiger partial charge is 0.269 e. The maximum absolute atomic E-state index is 13.4. The van der Waals surface area contributed by atoms with Crippen LogP contribution >= 0.6 is 11.3 Å². The lowest BCUT2D eigenvalue weighted by molar-refractivity contribution is -0.0236. The number of aromatic amines is 1. The maximum atomic E-state index is 13.4. The second kappa shape index (κ2) is 8.52. The highest BCUT2D eigenvalue weighted by Crippen LogP contribution is 2.31. The summed E-state index contributed by atoms with van der Waals surface area (Å²) in [6.07, 6.45) is 1.33. The number of ether oxygens (including phenoxy) is 2. The van der Waals surface area contributed by atoms with Gasteiger partial charge in [-0.05, 0) is 18.2 Å². The summed E-state index contributed by atoms with van der Waals surface area (Å²) >= 11 is 1.21. The molecule has 1 fully saturated rings. The zero-order valence-corrected chi connectivity index (χ0v) is 18.1. The standard InChI is InChI=1S/C23H20N4O4S/c1-30-17-8-3-2-6-14(17)18-12-27(10-11-31-18)23(29)15-13-32-20-19(15)25-21(26-22(20)28)16-7-4-5-9-24-16/h2-9,13,18H,10-12H2,1H3,(H,25,26,28). The summed E-state index contributed by atoms with van der Waals surface area (Å²) in [6.45, 7) is 1.24. The molecule has 1 saturated heterocycles. The van der Waals surface area contributed by atoms with Crippen LogP contribution in [0.3, 0.4) is 0 Å². The molecule has 1 atom stereocenters. The average molecular weight is 449 g/mol. The molecule has 8 nitrogen and oxygen atoms in total. The molecule has 0 bridgehead atoms. The Kier molecular flexibility index (Phi) is 5.42. The van der Waals surface area contributed by atoms with Crippen molar-refractivity contribution in [1.82, 2.24) is 19.9 Å². The van der Waals surface area contributed by atoms with E-state index in [1.165, 1.54) is 11.3 Å². The van der Waals surface area contributed by atoms with Crippen LogP contribution in [0.4, 0.5) is 0 Å². The zero-order chi connectivity index (χ0) is 22.1. The second-order valence-electron chi connectivity index (χ2n) is 7.31. The summed E-state index contributed by atoms with van der Waals surface area (Å²) < 4.78 is 11.8. The van der Waals surface area contributed by atoms with Crippen molar-refractivity contribution in [2.45, 2.75) is 6.10 Å². The first-order chi connectivity index (χ1) is 15.7. The number of benzene rings is 1. The van der Waals surface area contributed by atoms with Crippen molar-refractivity contribution in [3.63, 3.8) is 0 Å². The number of thiophene rings is 1. The number of carbonyl (C=O) groups is 1. The Balaban J connectivity index is 1.48. The fourth-order valence-corrected chi connectivity index (χ4v) is 4.70. The number of nitrogens with one attached hydrogen (secondary N) is 1. The largest absolute Gasteiger partial charge is 0.496 e. The molecule has 0 aliphatic carbocycles. The van der Waals surface area contributed by atoms with E-state index >= 15 is 0 Å². The molecular weight excluding hydrogens is 428 g/mol. The molecule has 1 aliphatic heterocycles. The molecule has 0 spiro atoms. The van der Waals surface area contributed by atoms with Crippen LogP contribution in [-0.2, 0) is 4.74 Å². The van der Waals surface area contributed by atoms with Crippen LogP contribution in [0.1, 0.15) is 22.0 Å². The summed E-state index contributed by atoms with van der Waals surface area (Å²) in [5, 5.41) is 1.70. The molecule has 1 aromatic carbocycles. The van der Waals surface area contributed by atoms with Gasteiger partial charge in [0.05, 0.1) is 25.8 Å². The number of hydrogen-bond acceptors (Lipinski definition) is 7. The summed E-state index contributed by atoms with van der Waals surface area (Å²) in [4.78, 5) is 39.4. The van der Waals surface area contributed by atoms with Gasteiger partial charge in [-0.25, -0.2) is 4.98 Å². The van der Waals surface area contributed by atoms with Crippen molar-refractivity contribution in [3.05, 3.63) is 75.5 Å². The number of H-pyrrole nitrogens is 1. The number of hydrogen-bond donors (Lipinski definition) is 1. The molecule has 3 aromatic heterocycles. The van der Waals surface area contributed by atoms with E-state index in [2.05, 4.69) is 15.0 Å². The number of morpholine rings is 1. The minimum atomic E-state index is -0.297. The van der Waals surface area contributed by atoms with Gasteiger partial charge in [0.25, 0.3) is 11.5 Å². The number of fused-ring (bicyclic) bond motifs is 1. The van der Waals surface area contributed by atoms with Gasteiger partial charge in [-0.15, -0.1) is 11.3 Å². The number of amides is 1. The number of aromatic nitrogens is 3. The van der Waals surface area contributed by atoms with Crippen LogP contribution in [0.25, 0.3) is 21.7 Å². The van der Waals surface area contributed by atoms with Crippen LogP contribution in [0.5, 0.6) is 5.75 Å². The van der Waals surface area contributed by atoms with Gasteiger partial charge in [-0.3, -0.25) is 14.6 Å². The lowest BCUT2D eigenvalue weighted by atomic mass is 10.1. The quantitative estimate of drug-likeness (QED) is 0.515. The molecular formula is C23H20N4O4S. The highest BCUT2D eigenvalue weighted by molar-refractivity contribution is 7.17. The second-order valence-corrected chi connectivity index (χ2v) is 8.19. The van der Waals surface area contributed by atoms with Crippen molar-refractivity contribution in [1.29, 1.82) is 0 Å². The molecule has 9 heteroatoms. The Hall–Kier alpha value is -3.56. The maximum Gasteiger partial charge on any atom is 0.269 e. The third-order valence-electron chi connectivity index (χ3n) is 5.40. The topological polar surface area (TPSA) is 97.4 Å². The third kappa shape index (κ3) is 3.65. The normalized spacial score (nSPS) is 16.3. The minimum Gasteiger partial charge on any atom is -0.496 e. The number of pyridine rings is 1. The summed E-state index contributed by atoms with van der Waals surface area (Å²) in [5.74, 6) is 0.884. The van der Waals surface area contributed by atoms with Gasteiger partial charge in [-0.2, -0.15) is 0 Å². The molecule has 4 aromatic rings. The Labute approximate surface area is 187 Å². The van der Waals surface area contributed by atoms with E-state index in [1.807, 2.05) is 30.3 Å². The van der Waals surface area contributed by atoms with Crippen molar-refractivity contribution >= 4 is 27.5 Å². The van der Waals surface area contributed by atoms with E-state index in [1.54, 1.807) is 35.7 Å². The monoisotopic (exact) mass is 448 g/mol. The van der Waals surface area contributed by atoms with Gasteiger partial charge < -0.3 is 19.4 Å². The van der Waals surface area contributed by atoms with E-state index in [0.29, 0.717) is 47.0 Å². The first-order valence-electron chi connectivity index (χ1n) is 10.1. The molecule has 1 unspecified atom stereocenters. The molecule has 1 aliphatic rings. The van der Waals surface area contributed by atoms with Crippen LogP contribution in [0.15, 0.2) is 58.8 Å². The molecule has 5 rings (SSSR count). The minimum absolute atomic E-state index is 0.176. The number of para-hydroxylation sites is 1. The number of nitrogens with zero attached hydrogens (tertiary/aromatic N) is 3. The van der Waals surface area contributed by atoms with Gasteiger partial charge in [0, 0.05) is 23.7 Å². The summed E-state index contributed by atoms with van der Waals surface area (Å²) in [5.41, 5.74) is 1.96. The van der Waals surface area contributed by atoms with Crippen LogP contribution in [0, 0.1) is 0 Å². The van der Waals surface area contributed by atoms with Crippen LogP contribution in [0.2, 0.25) is 0 Å². The molecule has 1 N–H and O–H groups in total. The lowest BCUT2D eigenvalue weighted by Crippen LogP contribution is -2.42. The van der Waals surface area contributed by atoms with E-state index in [9.17, 15) is 9.59 Å². The van der Waals surface area contributed by atoms with Gasteiger partial charge in [0.1, 0.15) is 27.8 Å². The Morgan fingerprint density at radius 1 is 1.25 bits per heavy atom. The summed E-state index contributed by atoms with van der Waals surface area (Å²) in [6, 6.07) is 13.0. The highest BCUT2D eigenvalue weighted by Gasteiger charge is 2.29. The van der Waals surface area contributed by atoms with E-state index < -0.39 is 0 Å². The SMILES string of the molecule is COc1ccccc1C1CN(C(=O)c2csc3c(=O)[nH]c(-c4ccccn4)nc23)CCO1. The fourth-order valence-electron chi connectivity index (χ4n) is 3.83. The first-order valence-corrected chi connectivity index (χ1v) is 11.0. The third-order valence-corrected chi connectivity index (χ3v) is 6.37. The van der Waals surface area contributed by atoms with Crippen LogP contribution < -0.4 is 10.3 Å². The number of carbonyl (C=O) groups excluding carboxylic acids is 1. The first kappa shape index (κ1) is 20.3. The highest BCUT2D eigenvalue weighted by atomic mass is 32.1. The fraction of sp³-hybridized carbons (Fsp3) is 0.217. The number of rotatable bonds is 4. The van der Waals surface area contributed by atoms with Gasteiger partial charge in [-0.1, -0.05) is 24.3 Å². The van der Waals surface area contributed by atoms with Crippen molar-refractivity contribution in [2.75, 3.05) is 26.8 Å². The molecule has 32 heavy (non-hydrogen) atoms. The Morgan fingerprint density at radius 2 is 2.09 bits per heavy atom. The Bertz CT molecular complexity index is 1330. The van der Waals surface area contributed by atoms with Crippen LogP contribution in [-0.4, -0.2) is 52.6 Å². The number of methoxy groups -OCH3 is 1. The van der Waals surface area contributed by atoms with Gasteiger partial charge in [0.15, 0.2) is 5.82 Å². The molecule has 0 radical (unpaired) electrons. The van der Waals surface area contributed by atoms with Gasteiger partial charge in [0.2, 0.25) is 0 Å². The summed E-state index contributed by atoms with van der Waals surface area (Å²) in [7, 11) is 1.62. The van der Waals surface area contributed by atoms with Crippen molar-refractivity contribution in [2.24, 2.45) is 0 Å². The van der Waals surface area contributed by atoms with E-state index in [4.69, 9.17) is 9.47 Å². The predicted molar refractivity (Wildman–Crippen MR) is 121 cm³/mol. The molecule has 4 heterocycles. The van der Waals surface area contributed by atoms with E-state index in [0.717, 1.165) is 11.3 Å². The zero-order valence-electron chi connectivity index (χ0n) is 17.3.